The normalized spacial score (nSPS) is 9.85. The summed E-state index contributed by atoms with van der Waals surface area (Å²) >= 11 is 5.62. The molecule has 1 heterocycles. The van der Waals surface area contributed by atoms with E-state index >= 15 is 0 Å². The molecular formula is C9H4ClN3. The average Bonchev–Trinajstić information content (AvgIpc) is 2.17. The first kappa shape index (κ1) is 7.96. The van der Waals surface area contributed by atoms with Gasteiger partial charge in [-0.25, -0.2) is 9.97 Å². The van der Waals surface area contributed by atoms with Crippen molar-refractivity contribution in [3.8, 4) is 6.07 Å². The fraction of sp³-hybridized carbons (Fsp3) is 0. The first-order valence-electron chi connectivity index (χ1n) is 3.62. The van der Waals surface area contributed by atoms with Crippen LogP contribution in [0.3, 0.4) is 0 Å². The van der Waals surface area contributed by atoms with Crippen molar-refractivity contribution >= 4 is 22.5 Å². The molecule has 4 heteroatoms. The van der Waals surface area contributed by atoms with E-state index in [1.807, 2.05) is 12.1 Å². The Morgan fingerprint density at radius 3 is 3.00 bits per heavy atom. The molecule has 0 aliphatic heterocycles. The van der Waals surface area contributed by atoms with Gasteiger partial charge in [-0.05, 0) is 17.7 Å². The molecule has 0 aliphatic carbocycles. The molecule has 1 aromatic carbocycles. The maximum absolute atomic E-state index is 8.77. The molecule has 0 spiro atoms. The molecule has 1 aromatic heterocycles. The average molecular weight is 190 g/mol. The minimum atomic E-state index is 0.162. The van der Waals surface area contributed by atoms with Crippen LogP contribution >= 0.6 is 11.6 Å². The standard InChI is InChI=1S/C9H4ClN3/c10-9-12-5-7-3-1-2-6(4-11)8(7)13-9/h1-3,5H. The monoisotopic (exact) mass is 189 g/mol. The summed E-state index contributed by atoms with van der Waals surface area (Å²) in [5.41, 5.74) is 1.12. The quantitative estimate of drug-likeness (QED) is 0.597. The fourth-order valence-corrected chi connectivity index (χ4v) is 1.26. The molecule has 62 valence electrons. The van der Waals surface area contributed by atoms with Gasteiger partial charge in [-0.2, -0.15) is 5.26 Å². The molecule has 0 radical (unpaired) electrons. The molecule has 0 atom stereocenters. The molecule has 2 rings (SSSR count). The van der Waals surface area contributed by atoms with Crippen molar-refractivity contribution < 1.29 is 0 Å². The Labute approximate surface area is 79.6 Å². The molecule has 2 aromatic rings. The summed E-state index contributed by atoms with van der Waals surface area (Å²) in [6.45, 7) is 0. The highest BCUT2D eigenvalue weighted by Gasteiger charge is 2.02. The molecule has 0 N–H and O–H groups in total. The van der Waals surface area contributed by atoms with E-state index in [-0.39, 0.29) is 5.28 Å². The van der Waals surface area contributed by atoms with Crippen LogP contribution in [0.2, 0.25) is 5.28 Å². The van der Waals surface area contributed by atoms with Crippen LogP contribution in [0.4, 0.5) is 0 Å². The van der Waals surface area contributed by atoms with E-state index in [9.17, 15) is 0 Å². The molecule has 0 unspecified atom stereocenters. The Morgan fingerprint density at radius 2 is 2.23 bits per heavy atom. The van der Waals surface area contributed by atoms with Crippen LogP contribution in [-0.2, 0) is 0 Å². The molecule has 3 nitrogen and oxygen atoms in total. The van der Waals surface area contributed by atoms with Gasteiger partial charge < -0.3 is 0 Å². The third kappa shape index (κ3) is 1.32. The summed E-state index contributed by atoms with van der Waals surface area (Å²) in [7, 11) is 0. The SMILES string of the molecule is N#Cc1cccc2cnc(Cl)nc12. The van der Waals surface area contributed by atoms with Gasteiger partial charge in [-0.3, -0.25) is 0 Å². The van der Waals surface area contributed by atoms with Gasteiger partial charge in [0.05, 0.1) is 11.1 Å². The van der Waals surface area contributed by atoms with E-state index in [2.05, 4.69) is 9.97 Å². The molecule has 0 saturated heterocycles. The van der Waals surface area contributed by atoms with E-state index in [4.69, 9.17) is 16.9 Å². The lowest BCUT2D eigenvalue weighted by molar-refractivity contribution is 1.22. The van der Waals surface area contributed by atoms with Crippen molar-refractivity contribution in [3.63, 3.8) is 0 Å². The van der Waals surface area contributed by atoms with Crippen molar-refractivity contribution in [1.29, 1.82) is 5.26 Å². The molecule has 0 fully saturated rings. The number of hydrogen-bond donors (Lipinski definition) is 0. The van der Waals surface area contributed by atoms with Gasteiger partial charge in [0.25, 0.3) is 0 Å². The lowest BCUT2D eigenvalue weighted by Gasteiger charge is -1.97. The summed E-state index contributed by atoms with van der Waals surface area (Å²) in [6.07, 6.45) is 1.60. The number of para-hydroxylation sites is 1. The molecular weight excluding hydrogens is 186 g/mol. The van der Waals surface area contributed by atoms with E-state index in [0.29, 0.717) is 11.1 Å². The Balaban J connectivity index is 2.89. The van der Waals surface area contributed by atoms with Gasteiger partial charge in [0.1, 0.15) is 6.07 Å². The van der Waals surface area contributed by atoms with Crippen LogP contribution in [0.15, 0.2) is 24.4 Å². The number of benzene rings is 1. The van der Waals surface area contributed by atoms with Gasteiger partial charge in [-0.1, -0.05) is 12.1 Å². The minimum Gasteiger partial charge on any atom is -0.226 e. The smallest absolute Gasteiger partial charge is 0.222 e. The Morgan fingerprint density at radius 1 is 1.38 bits per heavy atom. The topological polar surface area (TPSA) is 49.6 Å². The lowest BCUT2D eigenvalue weighted by Crippen LogP contribution is -1.86. The highest BCUT2D eigenvalue weighted by atomic mass is 35.5. The maximum atomic E-state index is 8.77. The third-order valence-corrected chi connectivity index (χ3v) is 1.88. The van der Waals surface area contributed by atoms with Crippen LogP contribution in [-0.4, -0.2) is 9.97 Å². The van der Waals surface area contributed by atoms with Gasteiger partial charge in [0.15, 0.2) is 0 Å². The van der Waals surface area contributed by atoms with Gasteiger partial charge in [0.2, 0.25) is 5.28 Å². The number of fused-ring (bicyclic) bond motifs is 1. The van der Waals surface area contributed by atoms with Crippen LogP contribution in [0.5, 0.6) is 0 Å². The zero-order chi connectivity index (χ0) is 9.26. The summed E-state index contributed by atoms with van der Waals surface area (Å²) in [4.78, 5) is 7.81. The highest BCUT2D eigenvalue weighted by Crippen LogP contribution is 2.16. The second-order valence-electron chi connectivity index (χ2n) is 2.49. The largest absolute Gasteiger partial charge is 0.226 e. The first-order valence-corrected chi connectivity index (χ1v) is 4.00. The number of aromatic nitrogens is 2. The number of halogens is 1. The zero-order valence-corrected chi connectivity index (χ0v) is 7.28. The van der Waals surface area contributed by atoms with E-state index < -0.39 is 0 Å². The van der Waals surface area contributed by atoms with Gasteiger partial charge in [0, 0.05) is 11.6 Å². The van der Waals surface area contributed by atoms with Crippen molar-refractivity contribution in [1.82, 2.24) is 9.97 Å². The summed E-state index contributed by atoms with van der Waals surface area (Å²) < 4.78 is 0. The van der Waals surface area contributed by atoms with Crippen LogP contribution < -0.4 is 0 Å². The van der Waals surface area contributed by atoms with Gasteiger partial charge >= 0.3 is 0 Å². The molecule has 0 bridgehead atoms. The third-order valence-electron chi connectivity index (χ3n) is 1.70. The minimum absolute atomic E-state index is 0.162. The predicted octanol–water partition coefficient (Wildman–Crippen LogP) is 2.15. The predicted molar refractivity (Wildman–Crippen MR) is 49.3 cm³/mol. The van der Waals surface area contributed by atoms with Crippen molar-refractivity contribution in [2.45, 2.75) is 0 Å². The molecule has 0 saturated carbocycles. The molecule has 13 heavy (non-hydrogen) atoms. The Kier molecular flexibility index (Phi) is 1.84. The van der Waals surface area contributed by atoms with Crippen LogP contribution in [0.1, 0.15) is 5.56 Å². The Bertz CT molecular complexity index is 502. The summed E-state index contributed by atoms with van der Waals surface area (Å²) in [6, 6.07) is 7.38. The number of nitriles is 1. The lowest BCUT2D eigenvalue weighted by atomic mass is 10.1. The first-order chi connectivity index (χ1) is 6.31. The molecule has 0 amide bonds. The summed E-state index contributed by atoms with van der Waals surface area (Å²) in [5, 5.41) is 9.76. The van der Waals surface area contributed by atoms with Crippen molar-refractivity contribution in [3.05, 3.63) is 35.2 Å². The summed E-state index contributed by atoms with van der Waals surface area (Å²) in [5.74, 6) is 0. The molecule has 0 aliphatic rings. The second-order valence-corrected chi connectivity index (χ2v) is 2.83. The number of nitrogens with zero attached hydrogens (tertiary/aromatic N) is 3. The van der Waals surface area contributed by atoms with Crippen molar-refractivity contribution in [2.24, 2.45) is 0 Å². The fourth-order valence-electron chi connectivity index (χ4n) is 1.12. The highest BCUT2D eigenvalue weighted by molar-refractivity contribution is 6.28. The van der Waals surface area contributed by atoms with Crippen LogP contribution in [0.25, 0.3) is 10.9 Å². The van der Waals surface area contributed by atoms with Crippen LogP contribution in [0, 0.1) is 11.3 Å². The van der Waals surface area contributed by atoms with Gasteiger partial charge in [-0.15, -0.1) is 0 Å². The van der Waals surface area contributed by atoms with Crippen molar-refractivity contribution in [2.75, 3.05) is 0 Å². The van der Waals surface area contributed by atoms with E-state index in [0.717, 1.165) is 5.39 Å². The second kappa shape index (κ2) is 3.00. The van der Waals surface area contributed by atoms with E-state index in [1.165, 1.54) is 0 Å². The van der Waals surface area contributed by atoms with E-state index in [1.54, 1.807) is 18.3 Å². The maximum Gasteiger partial charge on any atom is 0.222 e. The Hall–Kier alpha value is -1.66. The number of rotatable bonds is 0. The number of hydrogen-bond acceptors (Lipinski definition) is 3. The zero-order valence-electron chi connectivity index (χ0n) is 6.53.